The number of aryl methyl sites for hydroxylation is 2. The summed E-state index contributed by atoms with van der Waals surface area (Å²) in [6.07, 6.45) is 7.96. The van der Waals surface area contributed by atoms with E-state index in [-0.39, 0.29) is 29.1 Å². The van der Waals surface area contributed by atoms with Gasteiger partial charge in [0.05, 0.1) is 6.54 Å². The lowest BCUT2D eigenvalue weighted by molar-refractivity contribution is -0.129. The molecule has 5 aromatic rings. The van der Waals surface area contributed by atoms with E-state index in [1.807, 2.05) is 25.1 Å². The largest absolute Gasteiger partial charge is 0.476 e. The maximum Gasteiger partial charge on any atom is 0.360 e. The van der Waals surface area contributed by atoms with Crippen molar-refractivity contribution in [2.24, 2.45) is 5.16 Å². The standard InChI is InChI=1S/C35H32N8O6S/c1-5-20-7-11-24-22(15-20)9-8-21-14-19(2)6-10-23(21)29(24)25-16-43(35(48)40-31(25)45)27-12-13-36-33(38-27)42(3)17-28(44)39-34-37-26(18-50-34)30(32(46)47)41-49-4/h6-16,18,29H,5,17H2,1-4H3,(H,46,47)(H,37,39,44)(H,40,45,48). The van der Waals surface area contributed by atoms with Crippen LogP contribution in [0.3, 0.4) is 0 Å². The van der Waals surface area contributed by atoms with Gasteiger partial charge in [-0.25, -0.2) is 19.6 Å². The highest BCUT2D eigenvalue weighted by molar-refractivity contribution is 7.14. The van der Waals surface area contributed by atoms with Crippen LogP contribution < -0.4 is 21.5 Å². The van der Waals surface area contributed by atoms with Crippen molar-refractivity contribution in [3.05, 3.63) is 126 Å². The van der Waals surface area contributed by atoms with Gasteiger partial charge in [-0.3, -0.25) is 19.1 Å². The summed E-state index contributed by atoms with van der Waals surface area (Å²) in [5.74, 6) is -1.97. The van der Waals surface area contributed by atoms with Crippen LogP contribution in [0.15, 0.2) is 75.0 Å². The Labute approximate surface area is 289 Å². The van der Waals surface area contributed by atoms with Crippen LogP contribution in [-0.4, -0.2) is 67.9 Å². The van der Waals surface area contributed by atoms with E-state index < -0.39 is 34.8 Å². The average Bonchev–Trinajstić information content (AvgIpc) is 3.48. The molecule has 6 rings (SSSR count). The number of H-pyrrole nitrogens is 1. The lowest BCUT2D eigenvalue weighted by Crippen LogP contribution is -2.34. The van der Waals surface area contributed by atoms with Crippen molar-refractivity contribution in [1.29, 1.82) is 0 Å². The summed E-state index contributed by atoms with van der Waals surface area (Å²) >= 11 is 1.02. The molecule has 0 fully saturated rings. The van der Waals surface area contributed by atoms with E-state index in [4.69, 9.17) is 0 Å². The van der Waals surface area contributed by atoms with Gasteiger partial charge >= 0.3 is 11.7 Å². The summed E-state index contributed by atoms with van der Waals surface area (Å²) < 4.78 is 1.26. The molecular weight excluding hydrogens is 661 g/mol. The van der Waals surface area contributed by atoms with E-state index in [0.29, 0.717) is 5.56 Å². The minimum absolute atomic E-state index is 0.0302. The molecule has 0 saturated carbocycles. The van der Waals surface area contributed by atoms with Gasteiger partial charge in [0.2, 0.25) is 17.6 Å². The average molecular weight is 693 g/mol. The van der Waals surface area contributed by atoms with Crippen LogP contribution in [0.2, 0.25) is 0 Å². The lowest BCUT2D eigenvalue weighted by Gasteiger charge is -2.22. The molecule has 254 valence electrons. The van der Waals surface area contributed by atoms with Gasteiger partial charge in [-0.2, -0.15) is 4.98 Å². The number of fused-ring (bicyclic) bond motifs is 2. The number of nitrogens with zero attached hydrogens (tertiary/aromatic N) is 6. The number of aromatic nitrogens is 5. The molecule has 3 aromatic heterocycles. The van der Waals surface area contributed by atoms with Gasteiger partial charge in [-0.05, 0) is 41.2 Å². The van der Waals surface area contributed by atoms with E-state index >= 15 is 0 Å². The maximum atomic E-state index is 13.6. The van der Waals surface area contributed by atoms with Gasteiger partial charge < -0.3 is 20.2 Å². The zero-order valence-electron chi connectivity index (χ0n) is 27.5. The zero-order valence-corrected chi connectivity index (χ0v) is 28.3. The van der Waals surface area contributed by atoms with Crippen molar-refractivity contribution in [3.8, 4) is 5.82 Å². The van der Waals surface area contributed by atoms with Crippen molar-refractivity contribution in [3.63, 3.8) is 0 Å². The zero-order chi connectivity index (χ0) is 35.5. The molecule has 1 amide bonds. The highest BCUT2D eigenvalue weighted by Crippen LogP contribution is 2.38. The fraction of sp³-hybridized carbons (Fsp3) is 0.200. The Balaban J connectivity index is 1.31. The van der Waals surface area contributed by atoms with E-state index in [1.165, 1.54) is 46.0 Å². The number of aromatic amines is 1. The van der Waals surface area contributed by atoms with Crippen LogP contribution in [0.4, 0.5) is 11.1 Å². The molecule has 15 heteroatoms. The van der Waals surface area contributed by atoms with Crippen LogP contribution in [-0.2, 0) is 20.8 Å². The van der Waals surface area contributed by atoms with Crippen molar-refractivity contribution < 1.29 is 19.5 Å². The Hall–Kier alpha value is -6.22. The third-order valence-corrected chi connectivity index (χ3v) is 8.88. The van der Waals surface area contributed by atoms with Crippen molar-refractivity contribution >= 4 is 52.2 Å². The monoisotopic (exact) mass is 692 g/mol. The summed E-state index contributed by atoms with van der Waals surface area (Å²) in [6, 6.07) is 13.9. The van der Waals surface area contributed by atoms with Crippen molar-refractivity contribution in [2.45, 2.75) is 26.2 Å². The summed E-state index contributed by atoms with van der Waals surface area (Å²) in [7, 11) is 2.81. The van der Waals surface area contributed by atoms with Crippen LogP contribution in [0.1, 0.15) is 57.5 Å². The summed E-state index contributed by atoms with van der Waals surface area (Å²) in [5, 5.41) is 17.0. The van der Waals surface area contributed by atoms with Crippen LogP contribution >= 0.6 is 11.3 Å². The Kier molecular flexibility index (Phi) is 9.49. The molecule has 0 saturated heterocycles. The van der Waals surface area contributed by atoms with E-state index in [1.54, 1.807) is 7.05 Å². The molecule has 3 heterocycles. The predicted octanol–water partition coefficient (Wildman–Crippen LogP) is 3.82. The highest BCUT2D eigenvalue weighted by Gasteiger charge is 2.27. The number of aliphatic carboxylic acids is 1. The SMILES string of the molecule is CCc1ccc2c(c1)C=Cc1cc(C)ccc1C2c1cn(-c2ccnc(N(C)CC(=O)Nc3nc(C(=NOC)C(=O)O)cs3)n2)c(=O)[nH]c1=O. The van der Waals surface area contributed by atoms with Gasteiger partial charge in [0.15, 0.2) is 5.13 Å². The first-order chi connectivity index (χ1) is 24.1. The molecule has 1 unspecified atom stereocenters. The third-order valence-electron chi connectivity index (χ3n) is 8.12. The number of thiazole rings is 1. The summed E-state index contributed by atoms with van der Waals surface area (Å²) in [4.78, 5) is 72.6. The number of hydrogen-bond donors (Lipinski definition) is 3. The van der Waals surface area contributed by atoms with Crippen LogP contribution in [0.5, 0.6) is 0 Å². The van der Waals surface area contributed by atoms with Gasteiger partial charge in [-0.15, -0.1) is 11.3 Å². The first kappa shape index (κ1) is 33.7. The minimum atomic E-state index is -1.33. The number of amides is 1. The van der Waals surface area contributed by atoms with E-state index in [2.05, 4.69) is 72.5 Å². The molecule has 0 radical (unpaired) electrons. The topological polar surface area (TPSA) is 185 Å². The summed E-state index contributed by atoms with van der Waals surface area (Å²) in [5.41, 5.74) is 4.87. The number of carboxylic acid groups (broad SMARTS) is 1. The van der Waals surface area contributed by atoms with E-state index in [0.717, 1.165) is 45.6 Å². The normalized spacial score (nSPS) is 13.6. The molecule has 1 aliphatic carbocycles. The number of carbonyl (C=O) groups excluding carboxylic acids is 1. The number of carbonyl (C=O) groups is 2. The second-order valence-electron chi connectivity index (χ2n) is 11.5. The Morgan fingerprint density at radius 3 is 2.54 bits per heavy atom. The Bertz CT molecular complexity index is 2310. The van der Waals surface area contributed by atoms with Gasteiger partial charge in [0, 0.05) is 42.4 Å². The number of likely N-dealkylation sites (N-methyl/N-ethyl adjacent to an activating group) is 1. The number of carboxylic acids is 1. The maximum absolute atomic E-state index is 13.6. The fourth-order valence-corrected chi connectivity index (χ4v) is 6.44. The molecule has 1 aliphatic rings. The van der Waals surface area contributed by atoms with Crippen LogP contribution in [0.25, 0.3) is 18.0 Å². The number of rotatable bonds is 10. The van der Waals surface area contributed by atoms with Crippen molar-refractivity contribution in [2.75, 3.05) is 30.9 Å². The van der Waals surface area contributed by atoms with Gasteiger partial charge in [0.1, 0.15) is 18.6 Å². The number of anilines is 2. The fourth-order valence-electron chi connectivity index (χ4n) is 5.73. The first-order valence-electron chi connectivity index (χ1n) is 15.5. The highest BCUT2D eigenvalue weighted by atomic mass is 32.1. The minimum Gasteiger partial charge on any atom is -0.476 e. The molecule has 0 bridgehead atoms. The third kappa shape index (κ3) is 6.84. The second kappa shape index (κ2) is 14.1. The number of nitrogens with one attached hydrogen (secondary N) is 2. The number of hydrogen-bond acceptors (Lipinski definition) is 11. The lowest BCUT2D eigenvalue weighted by atomic mass is 9.82. The molecule has 2 aromatic carbocycles. The Morgan fingerprint density at radius 2 is 1.82 bits per heavy atom. The van der Waals surface area contributed by atoms with Gasteiger partial charge in [-0.1, -0.05) is 66.2 Å². The van der Waals surface area contributed by atoms with E-state index in [9.17, 15) is 24.3 Å². The summed E-state index contributed by atoms with van der Waals surface area (Å²) in [6.45, 7) is 3.90. The molecule has 0 aliphatic heterocycles. The number of benzene rings is 2. The molecule has 3 N–H and O–H groups in total. The van der Waals surface area contributed by atoms with Crippen molar-refractivity contribution in [1.82, 2.24) is 24.5 Å². The molecular formula is C35H32N8O6S. The molecule has 14 nitrogen and oxygen atoms in total. The van der Waals surface area contributed by atoms with Crippen LogP contribution in [0, 0.1) is 6.92 Å². The predicted molar refractivity (Wildman–Crippen MR) is 190 cm³/mol. The molecule has 0 spiro atoms. The number of oxime groups is 1. The van der Waals surface area contributed by atoms with Gasteiger partial charge in [0.25, 0.3) is 5.56 Å². The smallest absolute Gasteiger partial charge is 0.360 e. The molecule has 50 heavy (non-hydrogen) atoms. The second-order valence-corrected chi connectivity index (χ2v) is 12.4. The molecule has 1 atom stereocenters. The quantitative estimate of drug-likeness (QED) is 0.141. The first-order valence-corrected chi connectivity index (χ1v) is 16.4. The Morgan fingerprint density at radius 1 is 1.08 bits per heavy atom.